The number of amides is 1. The van der Waals surface area contributed by atoms with Gasteiger partial charge in [0, 0.05) is 25.2 Å². The Morgan fingerprint density at radius 1 is 1.20 bits per heavy atom. The van der Waals surface area contributed by atoms with Crippen molar-refractivity contribution in [2.75, 3.05) is 37.7 Å². The predicted molar refractivity (Wildman–Crippen MR) is 113 cm³/mol. The average Bonchev–Trinajstić information content (AvgIpc) is 3.44. The zero-order valence-corrected chi connectivity index (χ0v) is 17.5. The van der Waals surface area contributed by atoms with Gasteiger partial charge in [-0.1, -0.05) is 35.8 Å². The number of carbonyl (C=O) groups is 1. The van der Waals surface area contributed by atoms with E-state index in [0.29, 0.717) is 37.9 Å². The molecule has 0 saturated carbocycles. The van der Waals surface area contributed by atoms with Crippen molar-refractivity contribution < 1.29 is 18.5 Å². The van der Waals surface area contributed by atoms with Gasteiger partial charge in [0.1, 0.15) is 5.69 Å². The number of hydrogen-bond acceptors (Lipinski definition) is 6. The number of hydrogen-bond donors (Lipinski definition) is 0. The van der Waals surface area contributed by atoms with E-state index in [4.69, 9.17) is 13.7 Å². The molecule has 1 aromatic carbocycles. The molecule has 1 saturated heterocycles. The van der Waals surface area contributed by atoms with Crippen LogP contribution < -0.4 is 4.90 Å². The second-order valence-electron chi connectivity index (χ2n) is 7.49. The maximum Gasteiger partial charge on any atom is 0.289 e. The summed E-state index contributed by atoms with van der Waals surface area (Å²) >= 11 is 0. The zero-order valence-electron chi connectivity index (χ0n) is 17.5. The zero-order chi connectivity index (χ0) is 20.9. The van der Waals surface area contributed by atoms with Crippen molar-refractivity contribution in [2.24, 2.45) is 0 Å². The number of aryl methyl sites for hydroxylation is 1. The van der Waals surface area contributed by atoms with Crippen molar-refractivity contribution >= 4 is 11.8 Å². The Morgan fingerprint density at radius 3 is 2.73 bits per heavy atom. The molecule has 1 aliphatic heterocycles. The van der Waals surface area contributed by atoms with E-state index in [1.807, 2.05) is 12.1 Å². The van der Waals surface area contributed by atoms with Gasteiger partial charge < -0.3 is 23.5 Å². The minimum absolute atomic E-state index is 0.133. The standard InChI is InChI=1S/C23H27N3O4/c1-3-9-26(22(27)20-8-5-12-29-20)16-19-21(18-7-4-6-17(2)15-18)24-30-23(19)25-10-13-28-14-11-25/h4-8,12,15H,3,9-11,13-14,16H2,1-2H3. The smallest absolute Gasteiger partial charge is 0.289 e. The van der Waals surface area contributed by atoms with Crippen LogP contribution in [0.3, 0.4) is 0 Å². The lowest BCUT2D eigenvalue weighted by molar-refractivity contribution is 0.0710. The average molecular weight is 409 g/mol. The van der Waals surface area contributed by atoms with E-state index >= 15 is 0 Å². The van der Waals surface area contributed by atoms with Gasteiger partial charge in [-0.05, 0) is 31.5 Å². The first kappa shape index (κ1) is 20.2. The van der Waals surface area contributed by atoms with Gasteiger partial charge in [-0.3, -0.25) is 4.79 Å². The molecule has 0 spiro atoms. The molecule has 0 radical (unpaired) electrons. The van der Waals surface area contributed by atoms with Crippen LogP contribution in [0.2, 0.25) is 0 Å². The summed E-state index contributed by atoms with van der Waals surface area (Å²) < 4.78 is 16.7. The number of ether oxygens (including phenoxy) is 1. The lowest BCUT2D eigenvalue weighted by Gasteiger charge is -2.28. The molecule has 0 bridgehead atoms. The van der Waals surface area contributed by atoms with E-state index < -0.39 is 0 Å². The minimum atomic E-state index is -0.133. The quantitative estimate of drug-likeness (QED) is 0.584. The molecular weight excluding hydrogens is 382 g/mol. The molecule has 0 atom stereocenters. The second-order valence-corrected chi connectivity index (χ2v) is 7.49. The fourth-order valence-corrected chi connectivity index (χ4v) is 3.75. The Balaban J connectivity index is 1.72. The third-order valence-corrected chi connectivity index (χ3v) is 5.22. The largest absolute Gasteiger partial charge is 0.459 e. The number of rotatable bonds is 7. The number of nitrogens with zero attached hydrogens (tertiary/aromatic N) is 3. The number of benzene rings is 1. The second kappa shape index (κ2) is 9.17. The molecule has 30 heavy (non-hydrogen) atoms. The number of carbonyl (C=O) groups excluding carboxylic acids is 1. The van der Waals surface area contributed by atoms with Gasteiger partial charge in [-0.15, -0.1) is 0 Å². The van der Waals surface area contributed by atoms with Gasteiger partial charge in [0.05, 0.1) is 31.6 Å². The first-order valence-electron chi connectivity index (χ1n) is 10.4. The first-order valence-corrected chi connectivity index (χ1v) is 10.4. The van der Waals surface area contributed by atoms with E-state index in [0.717, 1.165) is 41.9 Å². The molecule has 1 fully saturated rings. The summed E-state index contributed by atoms with van der Waals surface area (Å²) in [6.07, 6.45) is 2.36. The van der Waals surface area contributed by atoms with Crippen LogP contribution in [-0.4, -0.2) is 48.8 Å². The number of furan rings is 1. The molecule has 3 heterocycles. The first-order chi connectivity index (χ1) is 14.7. The van der Waals surface area contributed by atoms with Crippen LogP contribution in [0.25, 0.3) is 11.3 Å². The molecular formula is C23H27N3O4. The lowest BCUT2D eigenvalue weighted by Crippen LogP contribution is -2.37. The highest BCUT2D eigenvalue weighted by Crippen LogP contribution is 2.33. The van der Waals surface area contributed by atoms with Crippen molar-refractivity contribution in [1.29, 1.82) is 0 Å². The highest BCUT2D eigenvalue weighted by Gasteiger charge is 2.28. The molecule has 7 heteroatoms. The number of morpholine rings is 1. The molecule has 4 rings (SSSR count). The molecule has 0 aliphatic carbocycles. The summed E-state index contributed by atoms with van der Waals surface area (Å²) in [5.41, 5.74) is 3.81. The van der Waals surface area contributed by atoms with Crippen LogP contribution in [-0.2, 0) is 11.3 Å². The molecule has 0 N–H and O–H groups in total. The topological polar surface area (TPSA) is 72.0 Å². The van der Waals surface area contributed by atoms with E-state index in [9.17, 15) is 4.79 Å². The molecule has 7 nitrogen and oxygen atoms in total. The van der Waals surface area contributed by atoms with Gasteiger partial charge in [-0.2, -0.15) is 0 Å². The minimum Gasteiger partial charge on any atom is -0.459 e. The van der Waals surface area contributed by atoms with Gasteiger partial charge in [0.2, 0.25) is 5.88 Å². The summed E-state index contributed by atoms with van der Waals surface area (Å²) in [4.78, 5) is 17.0. The van der Waals surface area contributed by atoms with Crippen molar-refractivity contribution in [3.63, 3.8) is 0 Å². The number of aromatic nitrogens is 1. The third kappa shape index (κ3) is 4.26. The van der Waals surface area contributed by atoms with Crippen molar-refractivity contribution in [1.82, 2.24) is 10.1 Å². The van der Waals surface area contributed by atoms with E-state index in [2.05, 4.69) is 36.0 Å². The maximum absolute atomic E-state index is 13.1. The Kier molecular flexibility index (Phi) is 6.18. The van der Waals surface area contributed by atoms with E-state index in [-0.39, 0.29) is 5.91 Å². The summed E-state index contributed by atoms with van der Waals surface area (Å²) in [6, 6.07) is 11.6. The summed E-state index contributed by atoms with van der Waals surface area (Å²) in [7, 11) is 0. The monoisotopic (exact) mass is 409 g/mol. The SMILES string of the molecule is CCCN(Cc1c(-c2cccc(C)c2)noc1N1CCOCC1)C(=O)c1ccco1. The predicted octanol–water partition coefficient (Wildman–Crippen LogP) is 4.13. The maximum atomic E-state index is 13.1. The molecule has 0 unspecified atom stereocenters. The summed E-state index contributed by atoms with van der Waals surface area (Å²) in [5.74, 6) is 0.916. The fourth-order valence-electron chi connectivity index (χ4n) is 3.75. The Labute approximate surface area is 176 Å². The van der Waals surface area contributed by atoms with Crippen molar-refractivity contribution in [3.8, 4) is 11.3 Å². The van der Waals surface area contributed by atoms with Crippen LogP contribution in [0.4, 0.5) is 5.88 Å². The Morgan fingerprint density at radius 2 is 2.03 bits per heavy atom. The fraction of sp³-hybridized carbons (Fsp3) is 0.391. The highest BCUT2D eigenvalue weighted by molar-refractivity contribution is 5.91. The third-order valence-electron chi connectivity index (χ3n) is 5.22. The van der Waals surface area contributed by atoms with Crippen LogP contribution in [0.15, 0.2) is 51.6 Å². The van der Waals surface area contributed by atoms with Crippen molar-refractivity contribution in [2.45, 2.75) is 26.8 Å². The lowest BCUT2D eigenvalue weighted by atomic mass is 10.0. The van der Waals surface area contributed by atoms with Crippen LogP contribution in [0.5, 0.6) is 0 Å². The molecule has 1 amide bonds. The molecule has 158 valence electrons. The van der Waals surface area contributed by atoms with Gasteiger partial charge >= 0.3 is 0 Å². The molecule has 2 aromatic heterocycles. The van der Waals surface area contributed by atoms with Crippen LogP contribution in [0, 0.1) is 6.92 Å². The highest BCUT2D eigenvalue weighted by atomic mass is 16.5. The van der Waals surface area contributed by atoms with E-state index in [1.165, 1.54) is 6.26 Å². The van der Waals surface area contributed by atoms with Crippen LogP contribution in [0.1, 0.15) is 35.0 Å². The molecule has 3 aromatic rings. The number of anilines is 1. The molecule has 1 aliphatic rings. The van der Waals surface area contributed by atoms with Gasteiger partial charge in [-0.25, -0.2) is 0 Å². The Hall–Kier alpha value is -3.06. The van der Waals surface area contributed by atoms with Gasteiger partial charge in [0.15, 0.2) is 5.76 Å². The van der Waals surface area contributed by atoms with Crippen LogP contribution >= 0.6 is 0 Å². The van der Waals surface area contributed by atoms with Crippen molar-refractivity contribution in [3.05, 3.63) is 59.5 Å². The van der Waals surface area contributed by atoms with E-state index in [1.54, 1.807) is 17.0 Å². The summed E-state index contributed by atoms with van der Waals surface area (Å²) in [6.45, 7) is 7.86. The summed E-state index contributed by atoms with van der Waals surface area (Å²) in [5, 5.41) is 4.42. The Bertz CT molecular complexity index is 974. The van der Waals surface area contributed by atoms with Gasteiger partial charge in [0.25, 0.3) is 5.91 Å². The normalized spacial score (nSPS) is 14.1.